The number of nitrogens with zero attached hydrogens (tertiary/aromatic N) is 5. The van der Waals surface area contributed by atoms with Crippen molar-refractivity contribution in [3.05, 3.63) is 164 Å². The van der Waals surface area contributed by atoms with Crippen LogP contribution >= 0.6 is 11.3 Å². The molecule has 0 unspecified atom stereocenters. The van der Waals surface area contributed by atoms with Gasteiger partial charge in [-0.05, 0) is 40.8 Å². The number of hydrogen-bond acceptors (Lipinski definition) is 6. The minimum atomic E-state index is 0.622. The van der Waals surface area contributed by atoms with Crippen LogP contribution in [0.25, 0.3) is 88.0 Å². The number of aromatic nitrogens is 5. The van der Waals surface area contributed by atoms with Gasteiger partial charge in [0.2, 0.25) is 0 Å². The molecule has 0 aliphatic heterocycles. The molecule has 9 rings (SSSR count). The molecule has 230 valence electrons. The first kappa shape index (κ1) is 28.8. The largest absolute Gasteiger partial charge is 0.263 e. The Kier molecular flexibility index (Phi) is 7.26. The van der Waals surface area contributed by atoms with Gasteiger partial charge in [-0.1, -0.05) is 127 Å². The molecule has 49 heavy (non-hydrogen) atoms. The maximum atomic E-state index is 4.96. The van der Waals surface area contributed by atoms with Crippen molar-refractivity contribution in [3.8, 4) is 67.0 Å². The monoisotopic (exact) mass is 645 g/mol. The van der Waals surface area contributed by atoms with Crippen molar-refractivity contribution in [2.45, 2.75) is 0 Å². The zero-order valence-electron chi connectivity index (χ0n) is 26.2. The van der Waals surface area contributed by atoms with Crippen molar-refractivity contribution in [2.24, 2.45) is 0 Å². The zero-order chi connectivity index (χ0) is 32.6. The minimum absolute atomic E-state index is 0.622. The lowest BCUT2D eigenvalue weighted by Gasteiger charge is -2.10. The van der Waals surface area contributed by atoms with Gasteiger partial charge in [0.1, 0.15) is 5.01 Å². The van der Waals surface area contributed by atoms with E-state index in [1.54, 1.807) is 11.3 Å². The number of benzene rings is 6. The maximum Gasteiger partial charge on any atom is 0.164 e. The Morgan fingerprint density at radius 2 is 0.878 bits per heavy atom. The fourth-order valence-corrected chi connectivity index (χ4v) is 7.22. The molecular weight excluding hydrogens is 619 g/mol. The predicted molar refractivity (Wildman–Crippen MR) is 201 cm³/mol. The van der Waals surface area contributed by atoms with Crippen LogP contribution in [-0.4, -0.2) is 24.9 Å². The average molecular weight is 646 g/mol. The van der Waals surface area contributed by atoms with Crippen molar-refractivity contribution >= 4 is 32.3 Å². The molecule has 0 aliphatic carbocycles. The number of rotatable bonds is 6. The van der Waals surface area contributed by atoms with E-state index in [0.29, 0.717) is 17.5 Å². The van der Waals surface area contributed by atoms with E-state index in [9.17, 15) is 0 Å². The summed E-state index contributed by atoms with van der Waals surface area (Å²) in [6.07, 6.45) is 3.84. The van der Waals surface area contributed by atoms with Gasteiger partial charge in [0.15, 0.2) is 17.5 Å². The summed E-state index contributed by atoms with van der Waals surface area (Å²) in [5.74, 6) is 1.90. The SMILES string of the molecule is c1ccc(-c2nc(-c3ccccc3)nc(-c3cccc(-c4cncc(-c5ccc6ccc7nc(-c8ccccc8)sc7c6c5)c4)c3)n2)cc1. The van der Waals surface area contributed by atoms with Crippen molar-refractivity contribution in [1.29, 1.82) is 0 Å². The Bertz CT molecular complexity index is 2540. The predicted octanol–water partition coefficient (Wildman–Crippen LogP) is 11.0. The molecule has 0 saturated carbocycles. The molecule has 3 aromatic heterocycles. The molecule has 0 saturated heterocycles. The van der Waals surface area contributed by atoms with Crippen molar-refractivity contribution < 1.29 is 0 Å². The van der Waals surface area contributed by atoms with Gasteiger partial charge in [-0.3, -0.25) is 4.98 Å². The highest BCUT2D eigenvalue weighted by Gasteiger charge is 2.14. The van der Waals surface area contributed by atoms with Crippen LogP contribution in [0.1, 0.15) is 0 Å². The molecule has 6 heteroatoms. The van der Waals surface area contributed by atoms with E-state index in [2.05, 4.69) is 77.8 Å². The van der Waals surface area contributed by atoms with Gasteiger partial charge in [-0.25, -0.2) is 19.9 Å². The summed E-state index contributed by atoms with van der Waals surface area (Å²) in [6.45, 7) is 0. The molecule has 6 aromatic carbocycles. The van der Waals surface area contributed by atoms with Crippen LogP contribution in [0.4, 0.5) is 0 Å². The Hall–Kier alpha value is -6.37. The lowest BCUT2D eigenvalue weighted by molar-refractivity contribution is 1.07. The molecule has 0 spiro atoms. The quantitative estimate of drug-likeness (QED) is 0.180. The number of fused-ring (bicyclic) bond motifs is 3. The molecule has 0 radical (unpaired) electrons. The lowest BCUT2D eigenvalue weighted by atomic mass is 9.98. The second kappa shape index (κ2) is 12.3. The number of thiazole rings is 1. The van der Waals surface area contributed by atoms with Crippen LogP contribution in [0.3, 0.4) is 0 Å². The Morgan fingerprint density at radius 3 is 1.53 bits per heavy atom. The first-order chi connectivity index (χ1) is 24.2. The summed E-state index contributed by atoms with van der Waals surface area (Å²) < 4.78 is 1.19. The molecule has 9 aromatic rings. The second-order valence-electron chi connectivity index (χ2n) is 11.8. The van der Waals surface area contributed by atoms with E-state index < -0.39 is 0 Å². The average Bonchev–Trinajstić information content (AvgIpc) is 3.64. The zero-order valence-corrected chi connectivity index (χ0v) is 27.0. The normalized spacial score (nSPS) is 11.3. The highest BCUT2D eigenvalue weighted by molar-refractivity contribution is 7.22. The Morgan fingerprint density at radius 1 is 0.367 bits per heavy atom. The first-order valence-corrected chi connectivity index (χ1v) is 16.9. The number of pyridine rings is 1. The molecule has 0 aliphatic rings. The summed E-state index contributed by atoms with van der Waals surface area (Å²) in [5, 5.41) is 3.42. The van der Waals surface area contributed by atoms with Crippen LogP contribution in [0.2, 0.25) is 0 Å². The molecule has 0 N–H and O–H groups in total. The Balaban J connectivity index is 1.10. The molecule has 0 atom stereocenters. The smallest absolute Gasteiger partial charge is 0.164 e. The third-order valence-electron chi connectivity index (χ3n) is 8.62. The van der Waals surface area contributed by atoms with Crippen LogP contribution in [-0.2, 0) is 0 Å². The van der Waals surface area contributed by atoms with Gasteiger partial charge in [0, 0.05) is 51.2 Å². The topological polar surface area (TPSA) is 64.5 Å². The third kappa shape index (κ3) is 5.64. The second-order valence-corrected chi connectivity index (χ2v) is 12.8. The van der Waals surface area contributed by atoms with Gasteiger partial charge in [-0.2, -0.15) is 0 Å². The fraction of sp³-hybridized carbons (Fsp3) is 0. The summed E-state index contributed by atoms with van der Waals surface area (Å²) in [7, 11) is 0. The first-order valence-electron chi connectivity index (χ1n) is 16.1. The molecule has 3 heterocycles. The fourth-order valence-electron chi connectivity index (χ4n) is 6.12. The van der Waals surface area contributed by atoms with Crippen LogP contribution in [0.15, 0.2) is 164 Å². The number of hydrogen-bond donors (Lipinski definition) is 0. The third-order valence-corrected chi connectivity index (χ3v) is 9.77. The summed E-state index contributed by atoms with van der Waals surface area (Å²) in [4.78, 5) is 24.4. The highest BCUT2D eigenvalue weighted by atomic mass is 32.1. The van der Waals surface area contributed by atoms with E-state index in [4.69, 9.17) is 19.9 Å². The molecule has 0 fully saturated rings. The van der Waals surface area contributed by atoms with Crippen LogP contribution in [0, 0.1) is 0 Å². The summed E-state index contributed by atoms with van der Waals surface area (Å²) in [5.41, 5.74) is 9.16. The van der Waals surface area contributed by atoms with E-state index in [1.165, 1.54) is 15.5 Å². The van der Waals surface area contributed by atoms with Crippen LogP contribution in [0.5, 0.6) is 0 Å². The van der Waals surface area contributed by atoms with Gasteiger partial charge in [0.25, 0.3) is 0 Å². The van der Waals surface area contributed by atoms with Gasteiger partial charge < -0.3 is 0 Å². The van der Waals surface area contributed by atoms with Crippen LogP contribution < -0.4 is 0 Å². The van der Waals surface area contributed by atoms with Gasteiger partial charge in [0.05, 0.1) is 10.2 Å². The van der Waals surface area contributed by atoms with E-state index in [0.717, 1.165) is 55.0 Å². The van der Waals surface area contributed by atoms with Crippen molar-refractivity contribution in [2.75, 3.05) is 0 Å². The summed E-state index contributed by atoms with van der Waals surface area (Å²) in [6, 6.07) is 51.9. The van der Waals surface area contributed by atoms with Crippen molar-refractivity contribution in [3.63, 3.8) is 0 Å². The summed E-state index contributed by atoms with van der Waals surface area (Å²) >= 11 is 1.74. The standard InChI is InChI=1S/C43H27N5S/c1-4-11-29(12-5-1)40-46-41(30-13-6-2-7-14-30)48-42(47-40)34-18-10-17-32(23-34)35-24-36(27-44-26-35)33-20-19-28-21-22-38-39(37(28)25-33)49-43(45-38)31-15-8-3-9-16-31/h1-27H. The molecule has 0 bridgehead atoms. The highest BCUT2D eigenvalue weighted by Crippen LogP contribution is 2.37. The van der Waals surface area contributed by atoms with E-state index in [-0.39, 0.29) is 0 Å². The maximum absolute atomic E-state index is 4.96. The van der Waals surface area contributed by atoms with E-state index in [1.807, 2.05) is 91.3 Å². The molecule has 5 nitrogen and oxygen atoms in total. The Labute approximate surface area is 287 Å². The minimum Gasteiger partial charge on any atom is -0.263 e. The van der Waals surface area contributed by atoms with Crippen molar-refractivity contribution in [1.82, 2.24) is 24.9 Å². The molecule has 0 amide bonds. The van der Waals surface area contributed by atoms with E-state index >= 15 is 0 Å². The van der Waals surface area contributed by atoms with Gasteiger partial charge >= 0.3 is 0 Å². The lowest BCUT2D eigenvalue weighted by Crippen LogP contribution is -2.00. The molecular formula is C43H27N5S. The van der Waals surface area contributed by atoms with Gasteiger partial charge in [-0.15, -0.1) is 11.3 Å².